The van der Waals surface area contributed by atoms with E-state index in [9.17, 15) is 14.4 Å². The van der Waals surface area contributed by atoms with E-state index in [2.05, 4.69) is 5.32 Å². The van der Waals surface area contributed by atoms with Gasteiger partial charge in [-0.15, -0.1) is 0 Å². The molecule has 1 N–H and O–H groups in total. The fourth-order valence-electron chi connectivity index (χ4n) is 4.96. The van der Waals surface area contributed by atoms with Crippen molar-refractivity contribution in [3.63, 3.8) is 0 Å². The Labute approximate surface area is 169 Å². The molecule has 28 heavy (non-hydrogen) atoms. The summed E-state index contributed by atoms with van der Waals surface area (Å²) in [5.74, 6) is 0.879. The van der Waals surface area contributed by atoms with Gasteiger partial charge < -0.3 is 5.32 Å². The van der Waals surface area contributed by atoms with Gasteiger partial charge in [0.25, 0.3) is 11.8 Å². The van der Waals surface area contributed by atoms with Crippen molar-refractivity contribution in [2.24, 2.45) is 17.8 Å². The summed E-state index contributed by atoms with van der Waals surface area (Å²) in [6.07, 6.45) is 18.2. The molecule has 156 valence electrons. The van der Waals surface area contributed by atoms with Gasteiger partial charge in [-0.05, 0) is 50.4 Å². The molecule has 0 spiro atoms. The van der Waals surface area contributed by atoms with E-state index in [-0.39, 0.29) is 23.6 Å². The first-order valence-corrected chi connectivity index (χ1v) is 11.4. The third-order valence-corrected chi connectivity index (χ3v) is 6.85. The van der Waals surface area contributed by atoms with Crippen LogP contribution >= 0.6 is 0 Å². The molecule has 1 heterocycles. The van der Waals surface area contributed by atoms with Crippen molar-refractivity contribution in [1.82, 2.24) is 10.2 Å². The highest BCUT2D eigenvalue weighted by Gasteiger charge is 2.31. The number of carbonyl (C=O) groups is 3. The highest BCUT2D eigenvalue weighted by molar-refractivity contribution is 6.12. The first-order valence-electron chi connectivity index (χ1n) is 11.4. The Bertz CT molecular complexity index is 550. The van der Waals surface area contributed by atoms with Crippen LogP contribution in [-0.2, 0) is 14.4 Å². The lowest BCUT2D eigenvalue weighted by Gasteiger charge is -2.30. The zero-order valence-electron chi connectivity index (χ0n) is 17.2. The molecule has 5 heteroatoms. The van der Waals surface area contributed by atoms with E-state index >= 15 is 0 Å². The van der Waals surface area contributed by atoms with Crippen LogP contribution in [0.15, 0.2) is 12.2 Å². The van der Waals surface area contributed by atoms with Gasteiger partial charge in [-0.3, -0.25) is 19.3 Å². The van der Waals surface area contributed by atoms with Crippen molar-refractivity contribution < 1.29 is 14.4 Å². The van der Waals surface area contributed by atoms with E-state index in [0.717, 1.165) is 32.2 Å². The number of carbonyl (C=O) groups excluding carboxylic acids is 3. The van der Waals surface area contributed by atoms with Crippen LogP contribution in [0.1, 0.15) is 83.5 Å². The van der Waals surface area contributed by atoms with Crippen molar-refractivity contribution in [2.75, 3.05) is 13.1 Å². The minimum atomic E-state index is -0.199. The standard InChI is InChI=1S/C23H36N2O3/c26-21-14-15-22(27)25(21)17-19-10-12-20(13-11-19)23(28)24-16-18-8-6-4-2-1-3-5-7-9-18/h14-15,18-20H,1-13,16-17H2,(H,24,28). The molecular weight excluding hydrogens is 352 g/mol. The third kappa shape index (κ3) is 6.18. The molecule has 2 fully saturated rings. The van der Waals surface area contributed by atoms with Crippen molar-refractivity contribution in [3.8, 4) is 0 Å². The molecule has 0 aromatic heterocycles. The number of nitrogens with zero attached hydrogens (tertiary/aromatic N) is 1. The van der Waals surface area contributed by atoms with Crippen LogP contribution < -0.4 is 5.32 Å². The van der Waals surface area contributed by atoms with Gasteiger partial charge in [0, 0.05) is 31.2 Å². The first kappa shape index (κ1) is 21.1. The molecule has 2 saturated carbocycles. The molecule has 0 aromatic carbocycles. The zero-order valence-corrected chi connectivity index (χ0v) is 17.2. The van der Waals surface area contributed by atoms with Crippen molar-refractivity contribution in [1.29, 1.82) is 0 Å². The molecule has 0 saturated heterocycles. The lowest BCUT2D eigenvalue weighted by molar-refractivity contribution is -0.138. The molecule has 0 atom stereocenters. The Morgan fingerprint density at radius 2 is 1.32 bits per heavy atom. The minimum absolute atomic E-state index is 0.0962. The summed E-state index contributed by atoms with van der Waals surface area (Å²) >= 11 is 0. The maximum atomic E-state index is 12.6. The average Bonchev–Trinajstić information content (AvgIpc) is 3.03. The largest absolute Gasteiger partial charge is 0.356 e. The molecule has 0 bridgehead atoms. The Morgan fingerprint density at radius 3 is 1.89 bits per heavy atom. The highest BCUT2D eigenvalue weighted by Crippen LogP contribution is 2.30. The Hall–Kier alpha value is -1.65. The number of hydrogen-bond donors (Lipinski definition) is 1. The Balaban J connectivity index is 1.36. The summed E-state index contributed by atoms with van der Waals surface area (Å²) < 4.78 is 0. The fraction of sp³-hybridized carbons (Fsp3) is 0.783. The number of amides is 3. The van der Waals surface area contributed by atoms with Gasteiger partial charge in [-0.2, -0.15) is 0 Å². The summed E-state index contributed by atoms with van der Waals surface area (Å²) in [6, 6.07) is 0. The van der Waals surface area contributed by atoms with Gasteiger partial charge >= 0.3 is 0 Å². The normalized spacial score (nSPS) is 27.8. The monoisotopic (exact) mass is 388 g/mol. The van der Waals surface area contributed by atoms with Gasteiger partial charge in [-0.25, -0.2) is 0 Å². The third-order valence-electron chi connectivity index (χ3n) is 6.85. The molecule has 3 rings (SSSR count). The number of hydrogen-bond acceptors (Lipinski definition) is 3. The maximum Gasteiger partial charge on any atom is 0.253 e. The average molecular weight is 389 g/mol. The maximum absolute atomic E-state index is 12.6. The van der Waals surface area contributed by atoms with Gasteiger partial charge in [0.2, 0.25) is 5.91 Å². The van der Waals surface area contributed by atoms with Crippen molar-refractivity contribution >= 4 is 17.7 Å². The van der Waals surface area contributed by atoms with Crippen LogP contribution in [-0.4, -0.2) is 35.7 Å². The predicted octanol–water partition coefficient (Wildman–Crippen LogP) is 3.97. The van der Waals surface area contributed by atoms with Gasteiger partial charge in [0.05, 0.1) is 0 Å². The quantitative estimate of drug-likeness (QED) is 0.725. The van der Waals surface area contributed by atoms with Gasteiger partial charge in [0.15, 0.2) is 0 Å². The Kier molecular flexibility index (Phi) is 8.11. The first-order chi connectivity index (χ1) is 13.6. The summed E-state index contributed by atoms with van der Waals surface area (Å²) in [7, 11) is 0. The van der Waals surface area contributed by atoms with Crippen molar-refractivity contribution in [3.05, 3.63) is 12.2 Å². The summed E-state index contributed by atoms with van der Waals surface area (Å²) in [5.41, 5.74) is 0. The SMILES string of the molecule is O=C(NCC1CCCCCCCCC1)C1CCC(CN2C(=O)C=CC2=O)CC1. The smallest absolute Gasteiger partial charge is 0.253 e. The molecule has 0 unspecified atom stereocenters. The second-order valence-electron chi connectivity index (χ2n) is 9.00. The van der Waals surface area contributed by atoms with Crippen LogP contribution in [0.4, 0.5) is 0 Å². The highest BCUT2D eigenvalue weighted by atomic mass is 16.2. The minimum Gasteiger partial charge on any atom is -0.356 e. The van der Waals surface area contributed by atoms with Gasteiger partial charge in [0.1, 0.15) is 0 Å². The molecular formula is C23H36N2O3. The molecule has 3 amide bonds. The molecule has 1 aliphatic heterocycles. The number of imide groups is 1. The summed E-state index contributed by atoms with van der Waals surface area (Å²) in [6.45, 7) is 1.34. The van der Waals surface area contributed by atoms with E-state index in [1.807, 2.05) is 0 Å². The van der Waals surface area contributed by atoms with Crippen LogP contribution in [0.5, 0.6) is 0 Å². The topological polar surface area (TPSA) is 66.5 Å². The molecule has 5 nitrogen and oxygen atoms in total. The van der Waals surface area contributed by atoms with E-state index in [4.69, 9.17) is 0 Å². The van der Waals surface area contributed by atoms with Crippen LogP contribution in [0.2, 0.25) is 0 Å². The predicted molar refractivity (Wildman–Crippen MR) is 109 cm³/mol. The van der Waals surface area contributed by atoms with E-state index in [0.29, 0.717) is 18.4 Å². The van der Waals surface area contributed by atoms with Crippen molar-refractivity contribution in [2.45, 2.75) is 83.5 Å². The lowest BCUT2D eigenvalue weighted by atomic mass is 9.81. The molecule has 0 aromatic rings. The van der Waals surface area contributed by atoms with Crippen LogP contribution in [0.3, 0.4) is 0 Å². The van der Waals surface area contributed by atoms with Gasteiger partial charge in [-0.1, -0.05) is 44.9 Å². The second-order valence-corrected chi connectivity index (χ2v) is 9.00. The molecule has 0 radical (unpaired) electrons. The lowest BCUT2D eigenvalue weighted by Crippen LogP contribution is -2.39. The summed E-state index contributed by atoms with van der Waals surface area (Å²) in [5, 5.41) is 3.24. The van der Waals surface area contributed by atoms with Crippen LogP contribution in [0, 0.1) is 17.8 Å². The molecule has 2 aliphatic carbocycles. The fourth-order valence-corrected chi connectivity index (χ4v) is 4.96. The Morgan fingerprint density at radius 1 is 0.786 bits per heavy atom. The number of nitrogens with one attached hydrogen (secondary N) is 1. The zero-order chi connectivity index (χ0) is 19.8. The summed E-state index contributed by atoms with van der Waals surface area (Å²) in [4.78, 5) is 37.4. The number of rotatable bonds is 5. The molecule has 3 aliphatic rings. The van der Waals surface area contributed by atoms with E-state index in [1.165, 1.54) is 74.8 Å². The van der Waals surface area contributed by atoms with Crippen LogP contribution in [0.25, 0.3) is 0 Å². The van der Waals surface area contributed by atoms with E-state index < -0.39 is 0 Å². The van der Waals surface area contributed by atoms with E-state index in [1.54, 1.807) is 0 Å². The second kappa shape index (κ2) is 10.8.